The molecule has 1 rings (SSSR count). The van der Waals surface area contributed by atoms with E-state index < -0.39 is 15.9 Å². The average Bonchev–Trinajstić information content (AvgIpc) is 2.06. The summed E-state index contributed by atoms with van der Waals surface area (Å²) >= 11 is 0. The van der Waals surface area contributed by atoms with Gasteiger partial charge in [-0.2, -0.15) is 0 Å². The molecular weight excluding hydrogens is 210 g/mol. The summed E-state index contributed by atoms with van der Waals surface area (Å²) < 4.78 is 22.2. The van der Waals surface area contributed by atoms with Crippen molar-refractivity contribution in [1.29, 1.82) is 0 Å². The van der Waals surface area contributed by atoms with Crippen molar-refractivity contribution in [2.45, 2.75) is 19.9 Å². The fourth-order valence-corrected chi connectivity index (χ4v) is 2.26. The molecule has 0 aliphatic heterocycles. The largest absolute Gasteiger partial charge is 0.323 e. The monoisotopic (exact) mass is 227 g/mol. The van der Waals surface area contributed by atoms with E-state index in [0.29, 0.717) is 0 Å². The van der Waals surface area contributed by atoms with Crippen molar-refractivity contribution < 1.29 is 8.42 Å². The molecule has 1 atom stereocenters. The van der Waals surface area contributed by atoms with Gasteiger partial charge in [0.1, 0.15) is 9.84 Å². The van der Waals surface area contributed by atoms with Crippen molar-refractivity contribution in [3.05, 3.63) is 34.9 Å². The molecule has 0 bridgehead atoms. The molecule has 3 nitrogen and oxygen atoms in total. The molecule has 0 spiro atoms. The predicted molar refractivity (Wildman–Crippen MR) is 62.6 cm³/mol. The molecular formula is C11H17NO2S. The fourth-order valence-electron chi connectivity index (χ4n) is 1.42. The Bertz CT molecular complexity index is 452. The molecule has 0 fully saturated rings. The number of rotatable bonds is 3. The molecule has 0 heterocycles. The zero-order chi connectivity index (χ0) is 11.6. The van der Waals surface area contributed by atoms with Crippen LogP contribution >= 0.6 is 0 Å². The SMILES string of the molecule is Cc1ccc(C(N)CS(C)(=O)=O)cc1C. The summed E-state index contributed by atoms with van der Waals surface area (Å²) in [4.78, 5) is 0. The van der Waals surface area contributed by atoms with Gasteiger partial charge >= 0.3 is 0 Å². The van der Waals surface area contributed by atoms with Crippen LogP contribution in [-0.2, 0) is 9.84 Å². The summed E-state index contributed by atoms with van der Waals surface area (Å²) in [6.45, 7) is 4.01. The van der Waals surface area contributed by atoms with Gasteiger partial charge in [0, 0.05) is 12.3 Å². The van der Waals surface area contributed by atoms with E-state index in [-0.39, 0.29) is 5.75 Å². The third-order valence-electron chi connectivity index (χ3n) is 2.44. The topological polar surface area (TPSA) is 60.2 Å². The molecule has 0 aliphatic carbocycles. The Hall–Kier alpha value is -0.870. The minimum absolute atomic E-state index is 0.00446. The maximum absolute atomic E-state index is 11.1. The van der Waals surface area contributed by atoms with Gasteiger partial charge in [-0.25, -0.2) is 8.42 Å². The number of aryl methyl sites for hydroxylation is 2. The molecule has 1 aromatic carbocycles. The van der Waals surface area contributed by atoms with Crippen LogP contribution in [0.5, 0.6) is 0 Å². The first-order valence-electron chi connectivity index (χ1n) is 4.80. The summed E-state index contributed by atoms with van der Waals surface area (Å²) in [5.74, 6) is -0.00446. The van der Waals surface area contributed by atoms with Crippen LogP contribution in [0.4, 0.5) is 0 Å². The molecule has 0 amide bonds. The molecule has 4 heteroatoms. The lowest BCUT2D eigenvalue weighted by atomic mass is 10.0. The van der Waals surface area contributed by atoms with Crippen LogP contribution in [0.1, 0.15) is 22.7 Å². The molecule has 1 aromatic rings. The molecule has 0 saturated heterocycles. The Kier molecular flexibility index (Phi) is 3.52. The number of benzene rings is 1. The van der Waals surface area contributed by atoms with Crippen molar-refractivity contribution >= 4 is 9.84 Å². The standard InChI is InChI=1S/C11H17NO2S/c1-8-4-5-10(6-9(8)2)11(12)7-15(3,13)14/h4-6,11H,7,12H2,1-3H3. The highest BCUT2D eigenvalue weighted by Crippen LogP contribution is 2.16. The van der Waals surface area contributed by atoms with E-state index in [4.69, 9.17) is 5.73 Å². The van der Waals surface area contributed by atoms with Gasteiger partial charge in [-0.1, -0.05) is 18.2 Å². The first-order valence-corrected chi connectivity index (χ1v) is 6.86. The Morgan fingerprint density at radius 2 is 1.87 bits per heavy atom. The third-order valence-corrected chi connectivity index (χ3v) is 3.41. The fraction of sp³-hybridized carbons (Fsp3) is 0.455. The van der Waals surface area contributed by atoms with Crippen LogP contribution in [0, 0.1) is 13.8 Å². The van der Waals surface area contributed by atoms with Gasteiger partial charge in [-0.3, -0.25) is 0 Å². The summed E-state index contributed by atoms with van der Waals surface area (Å²) in [5, 5.41) is 0. The average molecular weight is 227 g/mol. The quantitative estimate of drug-likeness (QED) is 0.848. The van der Waals surface area contributed by atoms with Gasteiger partial charge in [0.05, 0.1) is 5.75 Å². The highest BCUT2D eigenvalue weighted by atomic mass is 32.2. The Labute approximate surface area is 91.2 Å². The highest BCUT2D eigenvalue weighted by Gasteiger charge is 2.13. The highest BCUT2D eigenvalue weighted by molar-refractivity contribution is 7.90. The number of hydrogen-bond acceptors (Lipinski definition) is 3. The van der Waals surface area contributed by atoms with E-state index in [2.05, 4.69) is 0 Å². The molecule has 0 aromatic heterocycles. The zero-order valence-electron chi connectivity index (χ0n) is 9.32. The van der Waals surface area contributed by atoms with Gasteiger partial charge in [0.25, 0.3) is 0 Å². The normalized spacial score (nSPS) is 13.9. The molecule has 84 valence electrons. The predicted octanol–water partition coefficient (Wildman–Crippen LogP) is 1.35. The number of hydrogen-bond donors (Lipinski definition) is 1. The van der Waals surface area contributed by atoms with Crippen LogP contribution in [0.25, 0.3) is 0 Å². The van der Waals surface area contributed by atoms with Crippen molar-refractivity contribution in [3.8, 4) is 0 Å². The molecule has 0 saturated carbocycles. The van der Waals surface area contributed by atoms with Crippen LogP contribution in [0.15, 0.2) is 18.2 Å². The van der Waals surface area contributed by atoms with E-state index in [9.17, 15) is 8.42 Å². The van der Waals surface area contributed by atoms with Gasteiger partial charge in [0.15, 0.2) is 0 Å². The summed E-state index contributed by atoms with van der Waals surface area (Å²) in [5.41, 5.74) is 9.02. The minimum atomic E-state index is -3.02. The van der Waals surface area contributed by atoms with Gasteiger partial charge in [-0.05, 0) is 30.5 Å². The lowest BCUT2D eigenvalue weighted by molar-refractivity contribution is 0.594. The van der Waals surface area contributed by atoms with E-state index in [1.165, 1.54) is 11.8 Å². The van der Waals surface area contributed by atoms with Crippen molar-refractivity contribution in [3.63, 3.8) is 0 Å². The summed E-state index contributed by atoms with van der Waals surface area (Å²) in [6.07, 6.45) is 1.20. The summed E-state index contributed by atoms with van der Waals surface area (Å²) in [7, 11) is -3.02. The second-order valence-electron chi connectivity index (χ2n) is 4.04. The van der Waals surface area contributed by atoms with Crippen LogP contribution in [0.2, 0.25) is 0 Å². The van der Waals surface area contributed by atoms with Crippen molar-refractivity contribution in [1.82, 2.24) is 0 Å². The lowest BCUT2D eigenvalue weighted by Crippen LogP contribution is -2.20. The lowest BCUT2D eigenvalue weighted by Gasteiger charge is -2.12. The van der Waals surface area contributed by atoms with Crippen LogP contribution in [-0.4, -0.2) is 20.4 Å². The van der Waals surface area contributed by atoms with Crippen molar-refractivity contribution in [2.24, 2.45) is 5.73 Å². The molecule has 0 radical (unpaired) electrons. The third kappa shape index (κ3) is 3.64. The van der Waals surface area contributed by atoms with Gasteiger partial charge in [-0.15, -0.1) is 0 Å². The molecule has 0 aliphatic rings. The Balaban J connectivity index is 2.92. The first kappa shape index (κ1) is 12.2. The second kappa shape index (κ2) is 4.33. The van der Waals surface area contributed by atoms with E-state index >= 15 is 0 Å². The van der Waals surface area contributed by atoms with E-state index in [0.717, 1.165) is 11.1 Å². The van der Waals surface area contributed by atoms with Gasteiger partial charge in [0.2, 0.25) is 0 Å². The number of sulfone groups is 1. The maximum Gasteiger partial charge on any atom is 0.149 e. The zero-order valence-corrected chi connectivity index (χ0v) is 10.1. The second-order valence-corrected chi connectivity index (χ2v) is 6.23. The van der Waals surface area contributed by atoms with Crippen LogP contribution in [0.3, 0.4) is 0 Å². The van der Waals surface area contributed by atoms with E-state index in [1.54, 1.807) is 0 Å². The van der Waals surface area contributed by atoms with Gasteiger partial charge < -0.3 is 5.73 Å². The molecule has 1 unspecified atom stereocenters. The smallest absolute Gasteiger partial charge is 0.149 e. The Morgan fingerprint density at radius 3 is 2.33 bits per heavy atom. The maximum atomic E-state index is 11.1. The first-order chi connectivity index (χ1) is 6.79. The molecule has 2 N–H and O–H groups in total. The van der Waals surface area contributed by atoms with Crippen LogP contribution < -0.4 is 5.73 Å². The minimum Gasteiger partial charge on any atom is -0.323 e. The summed E-state index contributed by atoms with van der Waals surface area (Å²) in [6, 6.07) is 5.37. The number of nitrogens with two attached hydrogens (primary N) is 1. The molecule has 15 heavy (non-hydrogen) atoms. The van der Waals surface area contributed by atoms with E-state index in [1.807, 2.05) is 32.0 Å². The van der Waals surface area contributed by atoms with Crippen molar-refractivity contribution in [2.75, 3.05) is 12.0 Å². The Morgan fingerprint density at radius 1 is 1.27 bits per heavy atom.